The summed E-state index contributed by atoms with van der Waals surface area (Å²) in [6.45, 7) is 2.07. The summed E-state index contributed by atoms with van der Waals surface area (Å²) >= 11 is 0. The summed E-state index contributed by atoms with van der Waals surface area (Å²) in [6.07, 6.45) is 1.34. The third kappa shape index (κ3) is 3.90. The third-order valence-corrected chi connectivity index (χ3v) is 3.42. The molecule has 1 nitrogen and oxygen atoms in total. The number of hydrogen-bond donors (Lipinski definition) is 1. The highest BCUT2D eigenvalue weighted by molar-refractivity contribution is 5.25. The standard InChI is InChI=1S/C17H19FO/c1-13-6-2-3-7-14(13)10-11-16(19)12-15-8-4-5-9-17(15)18/h2-9,16,19H,10-12H2,1H3. The van der Waals surface area contributed by atoms with Crippen molar-refractivity contribution < 1.29 is 9.50 Å². The molecule has 0 aromatic heterocycles. The Bertz CT molecular complexity index is 536. The van der Waals surface area contributed by atoms with E-state index < -0.39 is 6.10 Å². The average molecular weight is 258 g/mol. The Morgan fingerprint density at radius 3 is 2.32 bits per heavy atom. The van der Waals surface area contributed by atoms with Gasteiger partial charge in [-0.25, -0.2) is 4.39 Å². The Morgan fingerprint density at radius 2 is 1.63 bits per heavy atom. The van der Waals surface area contributed by atoms with Crippen LogP contribution in [0.3, 0.4) is 0 Å². The van der Waals surface area contributed by atoms with Gasteiger partial charge in [-0.3, -0.25) is 0 Å². The Morgan fingerprint density at radius 1 is 1.00 bits per heavy atom. The minimum Gasteiger partial charge on any atom is -0.393 e. The van der Waals surface area contributed by atoms with Crippen molar-refractivity contribution in [1.29, 1.82) is 0 Å². The maximum absolute atomic E-state index is 13.5. The van der Waals surface area contributed by atoms with Gasteiger partial charge in [-0.15, -0.1) is 0 Å². The molecule has 0 spiro atoms. The van der Waals surface area contributed by atoms with E-state index in [-0.39, 0.29) is 5.82 Å². The Balaban J connectivity index is 1.90. The highest BCUT2D eigenvalue weighted by Crippen LogP contribution is 2.14. The zero-order chi connectivity index (χ0) is 13.7. The number of rotatable bonds is 5. The van der Waals surface area contributed by atoms with Crippen LogP contribution in [-0.4, -0.2) is 11.2 Å². The lowest BCUT2D eigenvalue weighted by Gasteiger charge is -2.12. The van der Waals surface area contributed by atoms with Gasteiger partial charge in [0.15, 0.2) is 0 Å². The zero-order valence-corrected chi connectivity index (χ0v) is 11.1. The zero-order valence-electron chi connectivity index (χ0n) is 11.1. The molecule has 0 saturated heterocycles. The summed E-state index contributed by atoms with van der Waals surface area (Å²) in [7, 11) is 0. The molecule has 100 valence electrons. The largest absolute Gasteiger partial charge is 0.393 e. The topological polar surface area (TPSA) is 20.2 Å². The van der Waals surface area contributed by atoms with Gasteiger partial charge in [0, 0.05) is 6.42 Å². The molecule has 0 saturated carbocycles. The van der Waals surface area contributed by atoms with Crippen LogP contribution in [0.1, 0.15) is 23.1 Å². The van der Waals surface area contributed by atoms with Crippen molar-refractivity contribution >= 4 is 0 Å². The third-order valence-electron chi connectivity index (χ3n) is 3.42. The number of hydrogen-bond acceptors (Lipinski definition) is 1. The highest BCUT2D eigenvalue weighted by Gasteiger charge is 2.09. The summed E-state index contributed by atoms with van der Waals surface area (Å²) in [5, 5.41) is 10.0. The Labute approximate surface area is 113 Å². The fraction of sp³-hybridized carbons (Fsp3) is 0.294. The Kier molecular flexibility index (Phi) is 4.69. The molecule has 2 aromatic carbocycles. The van der Waals surface area contributed by atoms with Gasteiger partial charge in [-0.1, -0.05) is 42.5 Å². The van der Waals surface area contributed by atoms with Crippen molar-refractivity contribution in [2.75, 3.05) is 0 Å². The van der Waals surface area contributed by atoms with Crippen LogP contribution in [0.2, 0.25) is 0 Å². The molecule has 0 aliphatic rings. The van der Waals surface area contributed by atoms with Crippen LogP contribution in [0, 0.1) is 12.7 Å². The molecule has 0 radical (unpaired) electrons. The SMILES string of the molecule is Cc1ccccc1CCC(O)Cc1ccccc1F. The van der Waals surface area contributed by atoms with E-state index in [1.165, 1.54) is 17.2 Å². The molecule has 0 fully saturated rings. The second kappa shape index (κ2) is 6.48. The molecule has 2 aromatic rings. The monoisotopic (exact) mass is 258 g/mol. The number of halogens is 1. The molecule has 0 aliphatic heterocycles. The number of aliphatic hydroxyl groups is 1. The van der Waals surface area contributed by atoms with Crippen LogP contribution in [0.4, 0.5) is 4.39 Å². The lowest BCUT2D eigenvalue weighted by molar-refractivity contribution is 0.164. The molecule has 1 atom stereocenters. The molecule has 19 heavy (non-hydrogen) atoms. The van der Waals surface area contributed by atoms with Crippen molar-refractivity contribution in [2.24, 2.45) is 0 Å². The fourth-order valence-corrected chi connectivity index (χ4v) is 2.23. The van der Waals surface area contributed by atoms with Crippen LogP contribution in [0.5, 0.6) is 0 Å². The molecule has 0 aliphatic carbocycles. The van der Waals surface area contributed by atoms with E-state index in [4.69, 9.17) is 0 Å². The van der Waals surface area contributed by atoms with Gasteiger partial charge in [-0.05, 0) is 42.5 Å². The first-order valence-electron chi connectivity index (χ1n) is 6.63. The van der Waals surface area contributed by atoms with E-state index in [1.807, 2.05) is 12.1 Å². The normalized spacial score (nSPS) is 12.4. The van der Waals surface area contributed by atoms with E-state index in [1.54, 1.807) is 18.2 Å². The van der Waals surface area contributed by atoms with Gasteiger partial charge in [0.2, 0.25) is 0 Å². The van der Waals surface area contributed by atoms with Gasteiger partial charge >= 0.3 is 0 Å². The minimum atomic E-state index is -0.503. The molecule has 1 N–H and O–H groups in total. The van der Waals surface area contributed by atoms with Gasteiger partial charge < -0.3 is 5.11 Å². The lowest BCUT2D eigenvalue weighted by atomic mass is 9.98. The number of aryl methyl sites for hydroxylation is 2. The summed E-state index contributed by atoms with van der Waals surface area (Å²) in [6, 6.07) is 14.8. The highest BCUT2D eigenvalue weighted by atomic mass is 19.1. The van der Waals surface area contributed by atoms with Crippen LogP contribution in [0.25, 0.3) is 0 Å². The van der Waals surface area contributed by atoms with E-state index in [9.17, 15) is 9.50 Å². The van der Waals surface area contributed by atoms with E-state index in [2.05, 4.69) is 19.1 Å². The van der Waals surface area contributed by atoms with Crippen molar-refractivity contribution in [1.82, 2.24) is 0 Å². The van der Waals surface area contributed by atoms with Crippen LogP contribution in [-0.2, 0) is 12.8 Å². The summed E-state index contributed by atoms with van der Waals surface area (Å²) < 4.78 is 13.5. The second-order valence-corrected chi connectivity index (χ2v) is 4.91. The van der Waals surface area contributed by atoms with Crippen LogP contribution < -0.4 is 0 Å². The van der Waals surface area contributed by atoms with Crippen LogP contribution in [0.15, 0.2) is 48.5 Å². The van der Waals surface area contributed by atoms with Gasteiger partial charge in [0.25, 0.3) is 0 Å². The second-order valence-electron chi connectivity index (χ2n) is 4.91. The lowest BCUT2D eigenvalue weighted by Crippen LogP contribution is -2.13. The number of aliphatic hydroxyl groups excluding tert-OH is 1. The van der Waals surface area contributed by atoms with Gasteiger partial charge in [0.1, 0.15) is 5.82 Å². The summed E-state index contributed by atoms with van der Waals surface area (Å²) in [5.74, 6) is -0.238. The molecule has 0 heterocycles. The first kappa shape index (κ1) is 13.8. The van der Waals surface area contributed by atoms with Gasteiger partial charge in [0.05, 0.1) is 6.10 Å². The maximum atomic E-state index is 13.5. The number of benzene rings is 2. The quantitative estimate of drug-likeness (QED) is 0.867. The Hall–Kier alpha value is -1.67. The fourth-order valence-electron chi connectivity index (χ4n) is 2.23. The first-order valence-corrected chi connectivity index (χ1v) is 6.63. The molecular formula is C17H19FO. The molecular weight excluding hydrogens is 239 g/mol. The van der Waals surface area contributed by atoms with Crippen LogP contribution >= 0.6 is 0 Å². The molecule has 2 heteroatoms. The van der Waals surface area contributed by atoms with Gasteiger partial charge in [-0.2, -0.15) is 0 Å². The first-order chi connectivity index (χ1) is 9.16. The summed E-state index contributed by atoms with van der Waals surface area (Å²) in [5.41, 5.74) is 3.07. The van der Waals surface area contributed by atoms with Crippen molar-refractivity contribution in [3.05, 3.63) is 71.0 Å². The smallest absolute Gasteiger partial charge is 0.126 e. The predicted molar refractivity (Wildman–Crippen MR) is 75.6 cm³/mol. The van der Waals surface area contributed by atoms with Crippen molar-refractivity contribution in [2.45, 2.75) is 32.3 Å². The molecule has 2 rings (SSSR count). The average Bonchev–Trinajstić information content (AvgIpc) is 2.40. The van der Waals surface area contributed by atoms with E-state index in [0.717, 1.165) is 6.42 Å². The van der Waals surface area contributed by atoms with E-state index in [0.29, 0.717) is 18.4 Å². The predicted octanol–water partition coefficient (Wildman–Crippen LogP) is 3.67. The molecule has 0 bridgehead atoms. The van der Waals surface area contributed by atoms with Crippen molar-refractivity contribution in [3.63, 3.8) is 0 Å². The van der Waals surface area contributed by atoms with Crippen molar-refractivity contribution in [3.8, 4) is 0 Å². The van der Waals surface area contributed by atoms with E-state index >= 15 is 0 Å². The minimum absolute atomic E-state index is 0.238. The maximum Gasteiger partial charge on any atom is 0.126 e. The molecule has 1 unspecified atom stereocenters. The summed E-state index contributed by atoms with van der Waals surface area (Å²) in [4.78, 5) is 0. The molecule has 0 amide bonds.